The van der Waals surface area contributed by atoms with Crippen molar-refractivity contribution in [2.75, 3.05) is 0 Å². The van der Waals surface area contributed by atoms with Crippen LogP contribution < -0.4 is 0 Å². The summed E-state index contributed by atoms with van der Waals surface area (Å²) in [6.45, 7) is 4.15. The Labute approximate surface area is 56.3 Å². The van der Waals surface area contributed by atoms with Crippen molar-refractivity contribution in [1.82, 2.24) is 5.16 Å². The lowest BCUT2D eigenvalue weighted by molar-refractivity contribution is 0.406. The number of aromatic nitrogens is 1. The third kappa shape index (κ3) is 1.31. The third-order valence-electron chi connectivity index (χ3n) is 1.53. The molecule has 0 saturated heterocycles. The quantitative estimate of drug-likeness (QED) is 0.607. The minimum absolute atomic E-state index is 0.148. The Morgan fingerprint density at radius 1 is 2.00 bits per heavy atom. The lowest BCUT2D eigenvalue weighted by Crippen LogP contribution is -1.89. The molecule has 0 N–H and O–H groups in total. The smallest absolute Gasteiger partial charge is 0.124 e. The molecule has 50 valence electrons. The Kier molecular flexibility index (Phi) is 1.49. The molecule has 0 saturated carbocycles. The fourth-order valence-corrected chi connectivity index (χ4v) is 0.634. The molecule has 0 spiro atoms. The summed E-state index contributed by atoms with van der Waals surface area (Å²) in [5.74, 6) is 0.405. The molecule has 9 heavy (non-hydrogen) atoms. The first-order valence-electron chi connectivity index (χ1n) is 3.67. The van der Waals surface area contributed by atoms with Gasteiger partial charge in [-0.25, -0.2) is 0 Å². The zero-order valence-corrected chi connectivity index (χ0v) is 5.72. The Hall–Kier alpha value is -0.790. The molecule has 0 radical (unpaired) electrons. The largest absolute Gasteiger partial charge is 0.365 e. The summed E-state index contributed by atoms with van der Waals surface area (Å²) in [7, 11) is 0. The summed E-state index contributed by atoms with van der Waals surface area (Å²) in [6.07, 6.45) is 1.18. The van der Waals surface area contributed by atoms with E-state index in [1.165, 1.54) is 0 Å². The number of hydrogen-bond acceptors (Lipinski definition) is 2. The zero-order chi connectivity index (χ0) is 7.56. The van der Waals surface area contributed by atoms with Gasteiger partial charge >= 0.3 is 0 Å². The molecule has 1 atom stereocenters. The van der Waals surface area contributed by atoms with Crippen molar-refractivity contribution in [2.24, 2.45) is 0 Å². The lowest BCUT2D eigenvalue weighted by Gasteiger charge is -1.99. The second-order valence-electron chi connectivity index (χ2n) is 2.18. The Balaban J connectivity index is 2.74. The first-order chi connectivity index (χ1) is 4.74. The van der Waals surface area contributed by atoms with Gasteiger partial charge in [-0.2, -0.15) is 0 Å². The Bertz CT molecular complexity index is 209. The highest BCUT2D eigenvalue weighted by Gasteiger charge is 2.03. The van der Waals surface area contributed by atoms with Crippen LogP contribution >= 0.6 is 0 Å². The van der Waals surface area contributed by atoms with Crippen molar-refractivity contribution in [2.45, 2.75) is 26.2 Å². The van der Waals surface area contributed by atoms with Crippen LogP contribution in [0.25, 0.3) is 0 Å². The fourth-order valence-electron chi connectivity index (χ4n) is 0.634. The summed E-state index contributed by atoms with van der Waals surface area (Å²) in [5, 5.41) is 3.72. The zero-order valence-electron chi connectivity index (χ0n) is 6.72. The van der Waals surface area contributed by atoms with E-state index in [0.717, 1.165) is 12.1 Å². The summed E-state index contributed by atoms with van der Waals surface area (Å²) in [6, 6.07) is 1.66. The Morgan fingerprint density at radius 3 is 3.22 bits per heavy atom. The maximum Gasteiger partial charge on any atom is 0.124 e. The standard InChI is InChI=1S/C7H11NO/c1-3-6(2)7-4-5-9-8-7/h4-6H,3H2,1-2H3/i5D. The van der Waals surface area contributed by atoms with Gasteiger partial charge < -0.3 is 4.52 Å². The van der Waals surface area contributed by atoms with E-state index in [2.05, 4.69) is 23.5 Å². The van der Waals surface area contributed by atoms with Gasteiger partial charge in [0, 0.05) is 12.0 Å². The number of hydrogen-bond donors (Lipinski definition) is 0. The van der Waals surface area contributed by atoms with E-state index in [9.17, 15) is 0 Å². The van der Waals surface area contributed by atoms with Gasteiger partial charge in [0.15, 0.2) is 0 Å². The van der Waals surface area contributed by atoms with E-state index in [1.54, 1.807) is 6.07 Å². The second kappa shape index (κ2) is 2.67. The van der Waals surface area contributed by atoms with Gasteiger partial charge in [-0.05, 0) is 6.42 Å². The van der Waals surface area contributed by atoms with Crippen LogP contribution in [0.5, 0.6) is 0 Å². The maximum absolute atomic E-state index is 7.06. The summed E-state index contributed by atoms with van der Waals surface area (Å²) in [4.78, 5) is 0. The normalized spacial score (nSPS) is 15.1. The van der Waals surface area contributed by atoms with Gasteiger partial charge in [-0.1, -0.05) is 19.0 Å². The van der Waals surface area contributed by atoms with Crippen molar-refractivity contribution in [3.63, 3.8) is 0 Å². The molecule has 2 nitrogen and oxygen atoms in total. The molecule has 0 aliphatic carbocycles. The second-order valence-corrected chi connectivity index (χ2v) is 2.18. The molecule has 1 unspecified atom stereocenters. The average molecular weight is 126 g/mol. The maximum atomic E-state index is 7.06. The molecule has 0 aromatic carbocycles. The van der Waals surface area contributed by atoms with Crippen LogP contribution in [0.15, 0.2) is 16.8 Å². The molecular formula is C7H11NO. The molecule has 1 aromatic heterocycles. The first kappa shape index (κ1) is 5.03. The fraction of sp³-hybridized carbons (Fsp3) is 0.571. The highest BCUT2D eigenvalue weighted by Crippen LogP contribution is 2.14. The topological polar surface area (TPSA) is 26.0 Å². The molecule has 1 aromatic rings. The van der Waals surface area contributed by atoms with Crippen molar-refractivity contribution < 1.29 is 5.89 Å². The number of nitrogens with zero attached hydrogens (tertiary/aromatic N) is 1. The van der Waals surface area contributed by atoms with Crippen LogP contribution in [0.2, 0.25) is 0 Å². The monoisotopic (exact) mass is 126 g/mol. The van der Waals surface area contributed by atoms with Gasteiger partial charge in [0.2, 0.25) is 0 Å². The van der Waals surface area contributed by atoms with Gasteiger partial charge in [0.25, 0.3) is 0 Å². The van der Waals surface area contributed by atoms with Crippen molar-refractivity contribution in [3.05, 3.63) is 18.0 Å². The third-order valence-corrected chi connectivity index (χ3v) is 1.53. The van der Waals surface area contributed by atoms with Crippen LogP contribution in [-0.4, -0.2) is 5.16 Å². The highest BCUT2D eigenvalue weighted by atomic mass is 16.5. The van der Waals surface area contributed by atoms with Gasteiger partial charge in [-0.15, -0.1) is 0 Å². The average Bonchev–Trinajstić information content (AvgIpc) is 2.34. The minimum Gasteiger partial charge on any atom is -0.365 e. The van der Waals surface area contributed by atoms with E-state index in [4.69, 9.17) is 1.37 Å². The van der Waals surface area contributed by atoms with Crippen molar-refractivity contribution in [1.29, 1.82) is 0 Å². The van der Waals surface area contributed by atoms with E-state index < -0.39 is 0 Å². The lowest BCUT2D eigenvalue weighted by atomic mass is 10.1. The van der Waals surface area contributed by atoms with Gasteiger partial charge in [-0.3, -0.25) is 0 Å². The van der Waals surface area contributed by atoms with Crippen molar-refractivity contribution >= 4 is 0 Å². The minimum atomic E-state index is 0.148. The van der Waals surface area contributed by atoms with Crippen LogP contribution in [0.4, 0.5) is 0 Å². The van der Waals surface area contributed by atoms with Gasteiger partial charge in [0.05, 0.1) is 5.69 Å². The molecule has 1 rings (SSSR count). The first-order valence-corrected chi connectivity index (χ1v) is 3.17. The van der Waals surface area contributed by atoms with E-state index in [0.29, 0.717) is 5.92 Å². The van der Waals surface area contributed by atoms with Crippen LogP contribution in [0.1, 0.15) is 33.3 Å². The van der Waals surface area contributed by atoms with E-state index in [-0.39, 0.29) is 6.24 Å². The molecule has 0 bridgehead atoms. The van der Waals surface area contributed by atoms with Crippen molar-refractivity contribution in [3.8, 4) is 0 Å². The predicted octanol–water partition coefficient (Wildman–Crippen LogP) is 2.19. The molecule has 0 fully saturated rings. The van der Waals surface area contributed by atoms with Gasteiger partial charge in [0.1, 0.15) is 7.61 Å². The molecule has 0 aliphatic rings. The number of rotatable bonds is 2. The van der Waals surface area contributed by atoms with E-state index in [1.807, 2.05) is 0 Å². The van der Waals surface area contributed by atoms with Crippen LogP contribution in [0.3, 0.4) is 0 Å². The van der Waals surface area contributed by atoms with E-state index >= 15 is 0 Å². The van der Waals surface area contributed by atoms with Crippen LogP contribution in [0, 0.1) is 0 Å². The molecule has 0 aliphatic heterocycles. The molecule has 1 heterocycles. The summed E-state index contributed by atoms with van der Waals surface area (Å²) < 4.78 is 11.7. The SMILES string of the molecule is [2H]c1cc(C(C)CC)no1. The molecule has 2 heteroatoms. The highest BCUT2D eigenvalue weighted by molar-refractivity contribution is 5.01. The predicted molar refractivity (Wildman–Crippen MR) is 35.2 cm³/mol. The van der Waals surface area contributed by atoms with Crippen LogP contribution in [-0.2, 0) is 0 Å². The summed E-state index contributed by atoms with van der Waals surface area (Å²) >= 11 is 0. The molecule has 0 amide bonds. The Morgan fingerprint density at radius 2 is 2.78 bits per heavy atom. The summed E-state index contributed by atoms with van der Waals surface area (Å²) in [5.41, 5.74) is 0.882. The molecular weight excluding hydrogens is 114 g/mol.